The van der Waals surface area contributed by atoms with Gasteiger partial charge in [-0.15, -0.1) is 0 Å². The highest BCUT2D eigenvalue weighted by Gasteiger charge is 2.38. The standard InChI is InChI=1S/C20H35N5O6.2C2H6/c1-16(26)20(21-2)3-5-25(6-4-20)17(27)13-22-7-9-23(14-18(28)29)11-12-24(10-8-22)15-19(30)31;2*1-2/h21H,3-15H2,1-2H3,(H,28,29)(H,30,31);2*1-2H3. The molecule has 0 aliphatic carbocycles. The second-order valence-electron chi connectivity index (χ2n) is 8.39. The Kier molecular flexibility index (Phi) is 16.3. The zero-order valence-corrected chi connectivity index (χ0v) is 22.5. The van der Waals surface area contributed by atoms with Gasteiger partial charge < -0.3 is 20.4 Å². The van der Waals surface area contributed by atoms with Gasteiger partial charge in [0.2, 0.25) is 5.91 Å². The predicted molar refractivity (Wildman–Crippen MR) is 136 cm³/mol. The fourth-order valence-electron chi connectivity index (χ4n) is 4.25. The minimum absolute atomic E-state index is 0.0259. The van der Waals surface area contributed by atoms with Crippen LogP contribution in [0.5, 0.6) is 0 Å². The van der Waals surface area contributed by atoms with Crippen LogP contribution in [0.3, 0.4) is 0 Å². The van der Waals surface area contributed by atoms with Gasteiger partial charge in [-0.25, -0.2) is 0 Å². The van der Waals surface area contributed by atoms with Gasteiger partial charge in [-0.05, 0) is 26.8 Å². The third-order valence-electron chi connectivity index (χ3n) is 6.40. The number of hydrogen-bond acceptors (Lipinski definition) is 8. The lowest BCUT2D eigenvalue weighted by molar-refractivity contribution is -0.140. The van der Waals surface area contributed by atoms with E-state index in [0.29, 0.717) is 65.2 Å². The number of nitrogens with zero attached hydrogens (tertiary/aromatic N) is 4. The number of carboxylic acids is 2. The molecule has 35 heavy (non-hydrogen) atoms. The number of carbonyl (C=O) groups excluding carboxylic acids is 2. The van der Waals surface area contributed by atoms with Crippen molar-refractivity contribution in [3.05, 3.63) is 0 Å². The minimum Gasteiger partial charge on any atom is -0.480 e. The summed E-state index contributed by atoms with van der Waals surface area (Å²) in [5, 5.41) is 21.4. The summed E-state index contributed by atoms with van der Waals surface area (Å²) in [6.07, 6.45) is 1.15. The SMILES string of the molecule is CC.CC.CNC1(C(C)=O)CCN(C(=O)CN2CCN(CC(=O)O)CCN(CC(=O)O)CC2)CC1. The lowest BCUT2D eigenvalue weighted by Crippen LogP contribution is -2.58. The number of rotatable bonds is 8. The van der Waals surface area contributed by atoms with Crippen LogP contribution in [-0.4, -0.2) is 138 Å². The van der Waals surface area contributed by atoms with Crippen molar-refractivity contribution in [2.24, 2.45) is 0 Å². The summed E-state index contributed by atoms with van der Waals surface area (Å²) in [6.45, 7) is 13.5. The summed E-state index contributed by atoms with van der Waals surface area (Å²) in [6, 6.07) is 0. The van der Waals surface area contributed by atoms with E-state index < -0.39 is 17.5 Å². The molecule has 11 heteroatoms. The Labute approximate surface area is 210 Å². The molecule has 0 saturated carbocycles. The van der Waals surface area contributed by atoms with Crippen molar-refractivity contribution in [1.82, 2.24) is 24.9 Å². The van der Waals surface area contributed by atoms with Crippen molar-refractivity contribution in [3.8, 4) is 0 Å². The van der Waals surface area contributed by atoms with Crippen LogP contribution >= 0.6 is 0 Å². The Bertz CT molecular complexity index is 639. The van der Waals surface area contributed by atoms with E-state index in [0.717, 1.165) is 0 Å². The van der Waals surface area contributed by atoms with Gasteiger partial charge in [-0.2, -0.15) is 0 Å². The lowest BCUT2D eigenvalue weighted by atomic mass is 9.84. The fourth-order valence-corrected chi connectivity index (χ4v) is 4.25. The van der Waals surface area contributed by atoms with Crippen molar-refractivity contribution < 1.29 is 29.4 Å². The highest BCUT2D eigenvalue weighted by molar-refractivity contribution is 5.87. The van der Waals surface area contributed by atoms with Crippen molar-refractivity contribution in [1.29, 1.82) is 0 Å². The van der Waals surface area contributed by atoms with E-state index in [1.54, 1.807) is 28.7 Å². The number of likely N-dealkylation sites (tertiary alicyclic amines) is 1. The third-order valence-corrected chi connectivity index (χ3v) is 6.40. The Balaban J connectivity index is 0.00000274. The number of nitrogens with one attached hydrogen (secondary N) is 1. The molecular formula is C24H47N5O6. The molecule has 2 fully saturated rings. The first-order valence-electron chi connectivity index (χ1n) is 12.7. The smallest absolute Gasteiger partial charge is 0.317 e. The first kappa shape index (κ1) is 32.9. The molecule has 2 heterocycles. The van der Waals surface area contributed by atoms with E-state index in [9.17, 15) is 19.2 Å². The van der Waals surface area contributed by atoms with E-state index in [2.05, 4.69) is 5.32 Å². The highest BCUT2D eigenvalue weighted by atomic mass is 16.4. The van der Waals surface area contributed by atoms with Crippen molar-refractivity contribution in [2.45, 2.75) is 53.0 Å². The van der Waals surface area contributed by atoms with Crippen LogP contribution < -0.4 is 5.32 Å². The molecule has 204 valence electrons. The Morgan fingerprint density at radius 1 is 0.686 bits per heavy atom. The molecule has 0 radical (unpaired) electrons. The predicted octanol–water partition coefficient (Wildman–Crippen LogP) is 0.297. The number of amides is 1. The summed E-state index contributed by atoms with van der Waals surface area (Å²) < 4.78 is 0. The molecule has 0 spiro atoms. The number of likely N-dealkylation sites (N-methyl/N-ethyl adjacent to an activating group) is 1. The van der Waals surface area contributed by atoms with Crippen LogP contribution in [0.15, 0.2) is 0 Å². The molecule has 0 unspecified atom stereocenters. The summed E-state index contributed by atoms with van der Waals surface area (Å²) in [4.78, 5) is 54.5. The topological polar surface area (TPSA) is 134 Å². The van der Waals surface area contributed by atoms with Crippen LogP contribution in [0.1, 0.15) is 47.5 Å². The number of ketones is 1. The van der Waals surface area contributed by atoms with Crippen LogP contribution in [0.25, 0.3) is 0 Å². The molecule has 2 rings (SSSR count). The van der Waals surface area contributed by atoms with Crippen LogP contribution in [-0.2, 0) is 19.2 Å². The van der Waals surface area contributed by atoms with Gasteiger partial charge in [-0.3, -0.25) is 33.9 Å². The molecule has 0 atom stereocenters. The van der Waals surface area contributed by atoms with Crippen molar-refractivity contribution in [3.63, 3.8) is 0 Å². The second-order valence-corrected chi connectivity index (χ2v) is 8.39. The third kappa shape index (κ3) is 11.5. The van der Waals surface area contributed by atoms with Gasteiger partial charge in [0, 0.05) is 52.4 Å². The molecule has 1 amide bonds. The number of hydrogen-bond donors (Lipinski definition) is 3. The van der Waals surface area contributed by atoms with Crippen molar-refractivity contribution >= 4 is 23.6 Å². The molecule has 0 aromatic heterocycles. The normalized spacial score (nSPS) is 19.5. The zero-order chi connectivity index (χ0) is 27.0. The largest absolute Gasteiger partial charge is 0.480 e. The summed E-state index contributed by atoms with van der Waals surface area (Å²) in [7, 11) is 1.77. The zero-order valence-electron chi connectivity index (χ0n) is 22.5. The van der Waals surface area contributed by atoms with Crippen LogP contribution in [0, 0.1) is 0 Å². The Morgan fingerprint density at radius 2 is 1.03 bits per heavy atom. The fraction of sp³-hybridized carbons (Fsp3) is 0.833. The van der Waals surface area contributed by atoms with Gasteiger partial charge in [0.15, 0.2) is 0 Å². The quantitative estimate of drug-likeness (QED) is 0.426. The van der Waals surface area contributed by atoms with Gasteiger partial charge in [0.25, 0.3) is 0 Å². The summed E-state index contributed by atoms with van der Waals surface area (Å²) in [5.74, 6) is -1.81. The number of carbonyl (C=O) groups is 4. The Morgan fingerprint density at radius 3 is 1.31 bits per heavy atom. The molecule has 2 aliphatic rings. The second kappa shape index (κ2) is 17.4. The maximum atomic E-state index is 12.9. The number of aliphatic carboxylic acids is 2. The lowest BCUT2D eigenvalue weighted by Gasteiger charge is -2.40. The van der Waals surface area contributed by atoms with E-state index in [1.807, 2.05) is 32.6 Å². The molecule has 3 N–H and O–H groups in total. The van der Waals surface area contributed by atoms with Crippen LogP contribution in [0.4, 0.5) is 0 Å². The molecule has 0 aromatic carbocycles. The molecule has 2 saturated heterocycles. The molecule has 0 bridgehead atoms. The van der Waals surface area contributed by atoms with E-state index in [1.165, 1.54) is 0 Å². The molecule has 2 aliphatic heterocycles. The maximum Gasteiger partial charge on any atom is 0.317 e. The van der Waals surface area contributed by atoms with E-state index in [-0.39, 0.29) is 31.3 Å². The number of Topliss-reactive ketones (excluding diaryl/α,β-unsaturated/α-hetero) is 1. The molecule has 0 aromatic rings. The minimum atomic E-state index is -0.932. The summed E-state index contributed by atoms with van der Waals surface area (Å²) in [5.41, 5.74) is -0.566. The number of piperidine rings is 1. The maximum absolute atomic E-state index is 12.9. The number of carboxylic acid groups (broad SMARTS) is 2. The average molecular weight is 502 g/mol. The van der Waals surface area contributed by atoms with Gasteiger partial charge in [-0.1, -0.05) is 27.7 Å². The highest BCUT2D eigenvalue weighted by Crippen LogP contribution is 2.23. The van der Waals surface area contributed by atoms with Gasteiger partial charge in [0.1, 0.15) is 5.78 Å². The first-order valence-corrected chi connectivity index (χ1v) is 12.7. The average Bonchev–Trinajstić information content (AvgIpc) is 2.92. The van der Waals surface area contributed by atoms with E-state index >= 15 is 0 Å². The van der Waals surface area contributed by atoms with E-state index in [4.69, 9.17) is 10.2 Å². The molecular weight excluding hydrogens is 454 g/mol. The Hall–Kier alpha value is -2.08. The van der Waals surface area contributed by atoms with Gasteiger partial charge in [0.05, 0.1) is 25.2 Å². The van der Waals surface area contributed by atoms with Gasteiger partial charge >= 0.3 is 11.9 Å². The summed E-state index contributed by atoms with van der Waals surface area (Å²) >= 11 is 0. The monoisotopic (exact) mass is 501 g/mol. The molecule has 11 nitrogen and oxygen atoms in total. The van der Waals surface area contributed by atoms with Crippen LogP contribution in [0.2, 0.25) is 0 Å². The van der Waals surface area contributed by atoms with Crippen molar-refractivity contribution in [2.75, 3.05) is 79.0 Å². The first-order chi connectivity index (χ1) is 16.6.